The fraction of sp³-hybridized carbons (Fsp3) is 0.250. The first-order valence-corrected chi connectivity index (χ1v) is 6.85. The normalized spacial score (nSPS) is 9.50. The molecule has 0 radical (unpaired) electrons. The molecule has 0 atom stereocenters. The summed E-state index contributed by atoms with van der Waals surface area (Å²) in [7, 11) is 0. The molecule has 0 heterocycles. The fourth-order valence-electron chi connectivity index (χ4n) is 1.19. The molecule has 0 aliphatic carbocycles. The number of nitrogens with zero attached hydrogens (tertiary/aromatic N) is 1. The molecule has 0 saturated heterocycles. The third kappa shape index (κ3) is 4.30. The SMILES string of the molecule is C=CCSCCNc1ccc(Br)cc1C#N. The summed E-state index contributed by atoms with van der Waals surface area (Å²) in [5, 5.41) is 12.2. The van der Waals surface area contributed by atoms with Crippen LogP contribution in [0.4, 0.5) is 5.69 Å². The summed E-state index contributed by atoms with van der Waals surface area (Å²) in [4.78, 5) is 0. The molecule has 0 bridgehead atoms. The first-order valence-electron chi connectivity index (χ1n) is 4.90. The van der Waals surface area contributed by atoms with Crippen molar-refractivity contribution in [2.24, 2.45) is 0 Å². The van der Waals surface area contributed by atoms with Crippen molar-refractivity contribution in [3.8, 4) is 6.07 Å². The van der Waals surface area contributed by atoms with E-state index in [4.69, 9.17) is 5.26 Å². The first-order chi connectivity index (χ1) is 7.77. The number of thioether (sulfide) groups is 1. The molecular formula is C12H13BrN2S. The van der Waals surface area contributed by atoms with Crippen LogP contribution in [-0.2, 0) is 0 Å². The second-order valence-electron chi connectivity index (χ2n) is 3.09. The zero-order valence-corrected chi connectivity index (χ0v) is 11.3. The van der Waals surface area contributed by atoms with Crippen LogP contribution in [0.25, 0.3) is 0 Å². The topological polar surface area (TPSA) is 35.8 Å². The average molecular weight is 297 g/mol. The number of hydrogen-bond acceptors (Lipinski definition) is 3. The van der Waals surface area contributed by atoms with Crippen LogP contribution in [0, 0.1) is 11.3 Å². The number of nitrogens with one attached hydrogen (secondary N) is 1. The van der Waals surface area contributed by atoms with Crippen molar-refractivity contribution in [3.05, 3.63) is 40.9 Å². The maximum Gasteiger partial charge on any atom is 0.101 e. The lowest BCUT2D eigenvalue weighted by atomic mass is 10.2. The molecular weight excluding hydrogens is 284 g/mol. The van der Waals surface area contributed by atoms with Gasteiger partial charge in [0.15, 0.2) is 0 Å². The van der Waals surface area contributed by atoms with Crippen LogP contribution in [0.5, 0.6) is 0 Å². The van der Waals surface area contributed by atoms with Crippen LogP contribution >= 0.6 is 27.7 Å². The summed E-state index contributed by atoms with van der Waals surface area (Å²) in [6.45, 7) is 4.52. The van der Waals surface area contributed by atoms with E-state index in [0.717, 1.165) is 28.2 Å². The van der Waals surface area contributed by atoms with Crippen molar-refractivity contribution < 1.29 is 0 Å². The van der Waals surface area contributed by atoms with Gasteiger partial charge in [-0.1, -0.05) is 22.0 Å². The molecule has 84 valence electrons. The Morgan fingerprint density at radius 3 is 3.06 bits per heavy atom. The van der Waals surface area contributed by atoms with Crippen molar-refractivity contribution in [1.82, 2.24) is 0 Å². The second kappa shape index (κ2) is 7.37. The van der Waals surface area contributed by atoms with E-state index in [1.165, 1.54) is 0 Å². The van der Waals surface area contributed by atoms with Crippen molar-refractivity contribution in [2.45, 2.75) is 0 Å². The van der Waals surface area contributed by atoms with E-state index in [2.05, 4.69) is 33.9 Å². The van der Waals surface area contributed by atoms with Crippen molar-refractivity contribution >= 4 is 33.4 Å². The van der Waals surface area contributed by atoms with Crippen molar-refractivity contribution in [2.75, 3.05) is 23.4 Å². The van der Waals surface area contributed by atoms with Crippen LogP contribution in [0.1, 0.15) is 5.56 Å². The van der Waals surface area contributed by atoms with E-state index in [1.54, 1.807) is 0 Å². The predicted molar refractivity (Wildman–Crippen MR) is 74.9 cm³/mol. The maximum atomic E-state index is 8.95. The molecule has 16 heavy (non-hydrogen) atoms. The lowest BCUT2D eigenvalue weighted by Crippen LogP contribution is -2.05. The quantitative estimate of drug-likeness (QED) is 0.643. The van der Waals surface area contributed by atoms with Gasteiger partial charge in [0.05, 0.1) is 11.3 Å². The highest BCUT2D eigenvalue weighted by molar-refractivity contribution is 9.10. The zero-order valence-electron chi connectivity index (χ0n) is 8.87. The smallest absolute Gasteiger partial charge is 0.101 e. The monoisotopic (exact) mass is 296 g/mol. The van der Waals surface area contributed by atoms with Gasteiger partial charge in [0, 0.05) is 22.5 Å². The van der Waals surface area contributed by atoms with E-state index in [0.29, 0.717) is 5.56 Å². The third-order valence-corrected chi connectivity index (χ3v) is 3.36. The van der Waals surface area contributed by atoms with Gasteiger partial charge in [-0.25, -0.2) is 0 Å². The molecule has 0 aliphatic heterocycles. The predicted octanol–water partition coefficient (Wildman–Crippen LogP) is 3.65. The zero-order chi connectivity index (χ0) is 11.8. The molecule has 0 aromatic heterocycles. The van der Waals surface area contributed by atoms with E-state index < -0.39 is 0 Å². The number of rotatable bonds is 6. The minimum atomic E-state index is 0.670. The van der Waals surface area contributed by atoms with Crippen LogP contribution in [-0.4, -0.2) is 18.1 Å². The summed E-state index contributed by atoms with van der Waals surface area (Å²) in [5.41, 5.74) is 1.56. The number of anilines is 1. The van der Waals surface area contributed by atoms with Crippen molar-refractivity contribution in [1.29, 1.82) is 5.26 Å². The highest BCUT2D eigenvalue weighted by Crippen LogP contribution is 2.20. The maximum absolute atomic E-state index is 8.95. The largest absolute Gasteiger partial charge is 0.383 e. The summed E-state index contributed by atoms with van der Waals surface area (Å²) in [6, 6.07) is 7.84. The summed E-state index contributed by atoms with van der Waals surface area (Å²) in [6.07, 6.45) is 1.89. The minimum Gasteiger partial charge on any atom is -0.383 e. The number of benzene rings is 1. The highest BCUT2D eigenvalue weighted by atomic mass is 79.9. The molecule has 0 saturated carbocycles. The minimum absolute atomic E-state index is 0.670. The molecule has 4 heteroatoms. The number of nitriles is 1. The Kier molecular flexibility index (Phi) is 6.05. The van der Waals surface area contributed by atoms with E-state index in [9.17, 15) is 0 Å². The van der Waals surface area contributed by atoms with Gasteiger partial charge in [0.25, 0.3) is 0 Å². The Balaban J connectivity index is 2.48. The van der Waals surface area contributed by atoms with E-state index >= 15 is 0 Å². The molecule has 0 amide bonds. The first kappa shape index (κ1) is 13.1. The second-order valence-corrected chi connectivity index (χ2v) is 5.16. The lowest BCUT2D eigenvalue weighted by molar-refractivity contribution is 1.22. The Labute approximate surface area is 109 Å². The van der Waals surface area contributed by atoms with E-state index in [-0.39, 0.29) is 0 Å². The Morgan fingerprint density at radius 1 is 1.56 bits per heavy atom. The van der Waals surface area contributed by atoms with Crippen LogP contribution in [0.15, 0.2) is 35.3 Å². The molecule has 1 N–H and O–H groups in total. The molecule has 0 fully saturated rings. The Morgan fingerprint density at radius 2 is 2.38 bits per heavy atom. The van der Waals surface area contributed by atoms with Gasteiger partial charge < -0.3 is 5.32 Å². The molecule has 0 unspecified atom stereocenters. The molecule has 0 spiro atoms. The molecule has 1 rings (SSSR count). The van der Waals surface area contributed by atoms with Gasteiger partial charge in [0.1, 0.15) is 6.07 Å². The lowest BCUT2D eigenvalue weighted by Gasteiger charge is -2.07. The standard InChI is InChI=1S/C12H13BrN2S/c1-2-6-16-7-5-15-12-4-3-11(13)8-10(12)9-14/h2-4,8,15H,1,5-7H2. The summed E-state index contributed by atoms with van der Waals surface area (Å²) in [5.74, 6) is 1.97. The third-order valence-electron chi connectivity index (χ3n) is 1.90. The highest BCUT2D eigenvalue weighted by Gasteiger charge is 2.01. The Bertz CT molecular complexity index is 398. The molecule has 1 aromatic carbocycles. The van der Waals surface area contributed by atoms with E-state index in [1.807, 2.05) is 36.0 Å². The van der Waals surface area contributed by atoms with Gasteiger partial charge in [-0.2, -0.15) is 17.0 Å². The molecule has 1 aromatic rings. The number of hydrogen-bond donors (Lipinski definition) is 1. The van der Waals surface area contributed by atoms with Gasteiger partial charge in [0.2, 0.25) is 0 Å². The summed E-state index contributed by atoms with van der Waals surface area (Å²) < 4.78 is 0.927. The Hall–Kier alpha value is -0.920. The van der Waals surface area contributed by atoms with Gasteiger partial charge in [-0.3, -0.25) is 0 Å². The van der Waals surface area contributed by atoms with Crippen LogP contribution < -0.4 is 5.32 Å². The molecule has 2 nitrogen and oxygen atoms in total. The number of halogens is 1. The average Bonchev–Trinajstić information content (AvgIpc) is 2.30. The van der Waals surface area contributed by atoms with Crippen LogP contribution in [0.2, 0.25) is 0 Å². The van der Waals surface area contributed by atoms with Crippen LogP contribution in [0.3, 0.4) is 0 Å². The summed E-state index contributed by atoms with van der Waals surface area (Å²) >= 11 is 5.16. The van der Waals surface area contributed by atoms with Gasteiger partial charge >= 0.3 is 0 Å². The van der Waals surface area contributed by atoms with Gasteiger partial charge in [-0.05, 0) is 18.2 Å². The fourth-order valence-corrected chi connectivity index (χ4v) is 2.13. The van der Waals surface area contributed by atoms with Crippen molar-refractivity contribution in [3.63, 3.8) is 0 Å². The van der Waals surface area contributed by atoms with Gasteiger partial charge in [-0.15, -0.1) is 6.58 Å². The molecule has 0 aliphatic rings.